The molecule has 2 rings (SSSR count). The van der Waals surface area contributed by atoms with E-state index in [1.807, 2.05) is 0 Å². The molecule has 0 unspecified atom stereocenters. The molecule has 0 aliphatic carbocycles. The van der Waals surface area contributed by atoms with Crippen LogP contribution in [0, 0.1) is 10.7 Å². The number of piperidine rings is 1. The van der Waals surface area contributed by atoms with E-state index in [2.05, 4.69) is 41.2 Å². The van der Waals surface area contributed by atoms with Gasteiger partial charge in [0.25, 0.3) is 0 Å². The van der Waals surface area contributed by atoms with Gasteiger partial charge in [-0.05, 0) is 50.9 Å². The zero-order valence-corrected chi connectivity index (χ0v) is 15.3. The maximum absolute atomic E-state index is 12.2. The van der Waals surface area contributed by atoms with Crippen LogP contribution in [0.25, 0.3) is 0 Å². The topological polar surface area (TPSA) is 66.0 Å². The van der Waals surface area contributed by atoms with E-state index in [1.165, 1.54) is 12.8 Å². The van der Waals surface area contributed by atoms with Gasteiger partial charge in [0, 0.05) is 25.6 Å². The molecule has 130 valence electrons. The number of nitrogens with zero attached hydrogens (tertiary/aromatic N) is 3. The fourth-order valence-electron chi connectivity index (χ4n) is 3.14. The zero-order valence-electron chi connectivity index (χ0n) is 14.5. The molecule has 1 aliphatic heterocycles. The number of amides is 1. The van der Waals surface area contributed by atoms with Crippen LogP contribution in [0.1, 0.15) is 45.9 Å². The molecular formula is C16H29N5OS. The minimum absolute atomic E-state index is 0.00300. The van der Waals surface area contributed by atoms with Crippen LogP contribution in [0.4, 0.5) is 0 Å². The van der Waals surface area contributed by atoms with Gasteiger partial charge in [-0.3, -0.25) is 19.4 Å². The average Bonchev–Trinajstić information content (AvgIpc) is 2.86. The van der Waals surface area contributed by atoms with E-state index in [9.17, 15) is 4.79 Å². The molecular weight excluding hydrogens is 310 g/mol. The standard InChI is InChI=1S/C16H29N5OS/c1-4-6-14-18-19-16(23)21(14)11-15(22)17-9-13(3)20-8-5-7-12(2)10-20/h12-13H,4-11H2,1-3H3,(H,17,22)(H,19,23)/t12-,13-/m0/s1. The highest BCUT2D eigenvalue weighted by Crippen LogP contribution is 2.17. The summed E-state index contributed by atoms with van der Waals surface area (Å²) < 4.78 is 2.31. The first-order valence-electron chi connectivity index (χ1n) is 8.66. The molecule has 0 radical (unpaired) electrons. The average molecular weight is 340 g/mol. The van der Waals surface area contributed by atoms with E-state index in [4.69, 9.17) is 12.2 Å². The van der Waals surface area contributed by atoms with Crippen LogP contribution in [0.15, 0.2) is 0 Å². The second-order valence-electron chi connectivity index (χ2n) is 6.68. The number of rotatable bonds is 7. The Hall–Kier alpha value is -1.21. The first kappa shape index (κ1) is 18.1. The lowest BCUT2D eigenvalue weighted by molar-refractivity contribution is -0.122. The highest BCUT2D eigenvalue weighted by Gasteiger charge is 2.21. The van der Waals surface area contributed by atoms with Crippen LogP contribution < -0.4 is 5.32 Å². The predicted molar refractivity (Wildman–Crippen MR) is 93.8 cm³/mol. The summed E-state index contributed by atoms with van der Waals surface area (Å²) >= 11 is 5.21. The molecule has 0 spiro atoms. The Morgan fingerprint density at radius 2 is 2.35 bits per heavy atom. The van der Waals surface area contributed by atoms with Gasteiger partial charge in [0.05, 0.1) is 0 Å². The molecule has 1 amide bonds. The van der Waals surface area contributed by atoms with Crippen LogP contribution in [0.5, 0.6) is 0 Å². The highest BCUT2D eigenvalue weighted by molar-refractivity contribution is 7.71. The monoisotopic (exact) mass is 339 g/mol. The molecule has 2 atom stereocenters. The van der Waals surface area contributed by atoms with E-state index in [1.54, 1.807) is 4.57 Å². The summed E-state index contributed by atoms with van der Waals surface area (Å²) in [6.07, 6.45) is 4.37. The van der Waals surface area contributed by atoms with E-state index < -0.39 is 0 Å². The van der Waals surface area contributed by atoms with Crippen molar-refractivity contribution in [2.45, 2.75) is 59.0 Å². The van der Waals surface area contributed by atoms with Gasteiger partial charge in [0.2, 0.25) is 5.91 Å². The van der Waals surface area contributed by atoms with E-state index in [-0.39, 0.29) is 12.5 Å². The second-order valence-corrected chi connectivity index (χ2v) is 7.06. The lowest BCUT2D eigenvalue weighted by Gasteiger charge is -2.35. The number of hydrogen-bond donors (Lipinski definition) is 2. The summed E-state index contributed by atoms with van der Waals surface area (Å²) in [4.78, 5) is 14.7. The minimum atomic E-state index is -0.00300. The van der Waals surface area contributed by atoms with Gasteiger partial charge < -0.3 is 5.32 Å². The van der Waals surface area contributed by atoms with Crippen molar-refractivity contribution < 1.29 is 4.79 Å². The van der Waals surface area contributed by atoms with Crippen molar-refractivity contribution >= 4 is 18.1 Å². The quantitative estimate of drug-likeness (QED) is 0.747. The van der Waals surface area contributed by atoms with Crippen molar-refractivity contribution in [3.8, 4) is 0 Å². The Kier molecular flexibility index (Phi) is 6.77. The first-order valence-corrected chi connectivity index (χ1v) is 9.07. The number of aryl methyl sites for hydroxylation is 1. The SMILES string of the molecule is CCCc1n[nH]c(=S)n1CC(=O)NC[C@H](C)N1CCC[C@H](C)C1. The lowest BCUT2D eigenvalue weighted by Crippen LogP contribution is -2.46. The molecule has 23 heavy (non-hydrogen) atoms. The van der Waals surface area contributed by atoms with E-state index in [0.29, 0.717) is 17.4 Å². The maximum atomic E-state index is 12.2. The Labute approximate surface area is 143 Å². The summed E-state index contributed by atoms with van der Waals surface area (Å²) in [7, 11) is 0. The molecule has 1 saturated heterocycles. The van der Waals surface area contributed by atoms with Crippen molar-refractivity contribution in [1.29, 1.82) is 0 Å². The highest BCUT2D eigenvalue weighted by atomic mass is 32.1. The Morgan fingerprint density at radius 3 is 3.04 bits per heavy atom. The van der Waals surface area contributed by atoms with Crippen molar-refractivity contribution in [2.24, 2.45) is 5.92 Å². The number of carbonyl (C=O) groups excluding carboxylic acids is 1. The van der Waals surface area contributed by atoms with Gasteiger partial charge >= 0.3 is 0 Å². The molecule has 2 heterocycles. The Morgan fingerprint density at radius 1 is 1.57 bits per heavy atom. The number of aromatic nitrogens is 3. The number of likely N-dealkylation sites (tertiary alicyclic amines) is 1. The number of hydrogen-bond acceptors (Lipinski definition) is 4. The Bertz CT molecular complexity index is 567. The van der Waals surface area contributed by atoms with E-state index in [0.717, 1.165) is 37.7 Å². The Balaban J connectivity index is 1.83. The van der Waals surface area contributed by atoms with Crippen molar-refractivity contribution in [3.63, 3.8) is 0 Å². The molecule has 7 heteroatoms. The summed E-state index contributed by atoms with van der Waals surface area (Å²) in [6.45, 7) is 9.76. The summed E-state index contributed by atoms with van der Waals surface area (Å²) in [5.74, 6) is 1.60. The lowest BCUT2D eigenvalue weighted by atomic mass is 9.99. The van der Waals surface area contributed by atoms with E-state index >= 15 is 0 Å². The third kappa shape index (κ3) is 5.14. The molecule has 0 saturated carbocycles. The van der Waals surface area contributed by atoms with Crippen LogP contribution in [0.3, 0.4) is 0 Å². The third-order valence-electron chi connectivity index (χ3n) is 4.52. The van der Waals surface area contributed by atoms with Gasteiger partial charge in [-0.25, -0.2) is 0 Å². The molecule has 1 fully saturated rings. The normalized spacial score (nSPS) is 20.4. The molecule has 0 bridgehead atoms. The summed E-state index contributed by atoms with van der Waals surface area (Å²) in [5.41, 5.74) is 0. The van der Waals surface area contributed by atoms with Crippen LogP contribution >= 0.6 is 12.2 Å². The number of carbonyl (C=O) groups is 1. The predicted octanol–water partition coefficient (Wildman–Crippen LogP) is 2.13. The molecule has 1 aromatic rings. The smallest absolute Gasteiger partial charge is 0.240 e. The largest absolute Gasteiger partial charge is 0.353 e. The fraction of sp³-hybridized carbons (Fsp3) is 0.812. The fourth-order valence-corrected chi connectivity index (χ4v) is 3.36. The molecule has 0 aromatic carbocycles. The van der Waals surface area contributed by atoms with Crippen molar-refractivity contribution in [2.75, 3.05) is 19.6 Å². The van der Waals surface area contributed by atoms with Crippen molar-refractivity contribution in [1.82, 2.24) is 25.0 Å². The second kappa shape index (κ2) is 8.59. The van der Waals surface area contributed by atoms with Gasteiger partial charge in [-0.2, -0.15) is 5.10 Å². The van der Waals surface area contributed by atoms with Gasteiger partial charge in [-0.15, -0.1) is 0 Å². The van der Waals surface area contributed by atoms with Crippen LogP contribution in [-0.2, 0) is 17.8 Å². The molecule has 2 N–H and O–H groups in total. The van der Waals surface area contributed by atoms with Crippen LogP contribution in [-0.4, -0.2) is 51.2 Å². The minimum Gasteiger partial charge on any atom is -0.353 e. The zero-order chi connectivity index (χ0) is 16.8. The summed E-state index contributed by atoms with van der Waals surface area (Å²) in [6, 6.07) is 0.370. The first-order chi connectivity index (χ1) is 11.0. The third-order valence-corrected chi connectivity index (χ3v) is 4.83. The van der Waals surface area contributed by atoms with Crippen LogP contribution in [0.2, 0.25) is 0 Å². The molecule has 6 nitrogen and oxygen atoms in total. The summed E-state index contributed by atoms with van der Waals surface area (Å²) in [5, 5.41) is 10.0. The van der Waals surface area contributed by atoms with Gasteiger partial charge in [0.15, 0.2) is 4.77 Å². The van der Waals surface area contributed by atoms with Gasteiger partial charge in [-0.1, -0.05) is 13.8 Å². The van der Waals surface area contributed by atoms with Crippen molar-refractivity contribution in [3.05, 3.63) is 10.6 Å². The number of H-pyrrole nitrogens is 1. The number of aromatic amines is 1. The maximum Gasteiger partial charge on any atom is 0.240 e. The molecule has 1 aromatic heterocycles. The number of nitrogens with one attached hydrogen (secondary N) is 2. The molecule has 1 aliphatic rings. The van der Waals surface area contributed by atoms with Gasteiger partial charge in [0.1, 0.15) is 12.4 Å².